The van der Waals surface area contributed by atoms with E-state index < -0.39 is 0 Å². The summed E-state index contributed by atoms with van der Waals surface area (Å²) >= 11 is 0. The van der Waals surface area contributed by atoms with Crippen molar-refractivity contribution in [3.63, 3.8) is 0 Å². The number of ether oxygens (including phenoxy) is 1. The number of aromatic nitrogens is 1. The number of rotatable bonds is 7. The van der Waals surface area contributed by atoms with Crippen LogP contribution in [0.15, 0.2) is 24.3 Å². The molecule has 1 aromatic carbocycles. The van der Waals surface area contributed by atoms with Crippen LogP contribution in [0, 0.1) is 0 Å². The van der Waals surface area contributed by atoms with E-state index in [-0.39, 0.29) is 12.5 Å². The quantitative estimate of drug-likeness (QED) is 0.823. The average molecular weight is 290 g/mol. The maximum atomic E-state index is 12.5. The van der Waals surface area contributed by atoms with Crippen LogP contribution in [0.1, 0.15) is 30.8 Å². The summed E-state index contributed by atoms with van der Waals surface area (Å²) in [5, 5.41) is 10.0. The maximum Gasteiger partial charge on any atom is 0.270 e. The van der Waals surface area contributed by atoms with Crippen molar-refractivity contribution in [2.75, 3.05) is 26.3 Å². The molecular formula is C16H22N2O3. The van der Waals surface area contributed by atoms with Gasteiger partial charge in [-0.25, -0.2) is 0 Å². The third-order valence-electron chi connectivity index (χ3n) is 3.29. The number of aromatic amines is 1. The van der Waals surface area contributed by atoms with Crippen LogP contribution in [0.3, 0.4) is 0 Å². The predicted octanol–water partition coefficient (Wildman–Crippen LogP) is 2.41. The van der Waals surface area contributed by atoms with E-state index in [9.17, 15) is 4.79 Å². The molecule has 5 nitrogen and oxygen atoms in total. The molecule has 0 aliphatic heterocycles. The van der Waals surface area contributed by atoms with Gasteiger partial charge in [0.2, 0.25) is 0 Å². The molecule has 0 spiro atoms. The Kier molecular flexibility index (Phi) is 5.22. The van der Waals surface area contributed by atoms with Crippen LogP contribution < -0.4 is 4.74 Å². The lowest BCUT2D eigenvalue weighted by molar-refractivity contribution is 0.0717. The van der Waals surface area contributed by atoms with Gasteiger partial charge in [-0.1, -0.05) is 6.92 Å². The SMILES string of the molecule is CCCN(CCO)C(=O)c1cc2ccc(OCC)cc2[nH]1. The Hall–Kier alpha value is -2.01. The Morgan fingerprint density at radius 1 is 1.29 bits per heavy atom. The number of carbonyl (C=O) groups excluding carboxylic acids is 1. The van der Waals surface area contributed by atoms with Crippen LogP contribution in [0.2, 0.25) is 0 Å². The van der Waals surface area contributed by atoms with E-state index in [4.69, 9.17) is 9.84 Å². The number of carbonyl (C=O) groups is 1. The Balaban J connectivity index is 2.26. The van der Waals surface area contributed by atoms with Crippen molar-refractivity contribution in [1.82, 2.24) is 9.88 Å². The fraction of sp³-hybridized carbons (Fsp3) is 0.438. The highest BCUT2D eigenvalue weighted by Crippen LogP contribution is 2.22. The summed E-state index contributed by atoms with van der Waals surface area (Å²) < 4.78 is 5.46. The van der Waals surface area contributed by atoms with Gasteiger partial charge in [0.15, 0.2) is 0 Å². The van der Waals surface area contributed by atoms with Gasteiger partial charge in [-0.2, -0.15) is 0 Å². The van der Waals surface area contributed by atoms with Gasteiger partial charge in [0.05, 0.1) is 13.2 Å². The van der Waals surface area contributed by atoms with E-state index in [1.54, 1.807) is 4.90 Å². The van der Waals surface area contributed by atoms with Gasteiger partial charge in [0.1, 0.15) is 11.4 Å². The highest BCUT2D eigenvalue weighted by molar-refractivity contribution is 5.98. The molecule has 21 heavy (non-hydrogen) atoms. The minimum atomic E-state index is -0.0833. The summed E-state index contributed by atoms with van der Waals surface area (Å²) in [5.41, 5.74) is 1.42. The van der Waals surface area contributed by atoms with E-state index in [2.05, 4.69) is 4.98 Å². The normalized spacial score (nSPS) is 10.8. The van der Waals surface area contributed by atoms with Crippen molar-refractivity contribution in [2.24, 2.45) is 0 Å². The van der Waals surface area contributed by atoms with Gasteiger partial charge in [-0.15, -0.1) is 0 Å². The monoisotopic (exact) mass is 290 g/mol. The molecule has 2 rings (SSSR count). The van der Waals surface area contributed by atoms with Crippen molar-refractivity contribution in [3.8, 4) is 5.75 Å². The molecule has 0 aliphatic carbocycles. The molecule has 2 N–H and O–H groups in total. The topological polar surface area (TPSA) is 65.6 Å². The first-order valence-electron chi connectivity index (χ1n) is 7.35. The lowest BCUT2D eigenvalue weighted by atomic mass is 10.2. The van der Waals surface area contributed by atoms with E-state index >= 15 is 0 Å². The van der Waals surface area contributed by atoms with E-state index in [1.807, 2.05) is 38.1 Å². The molecule has 0 atom stereocenters. The first kappa shape index (κ1) is 15.4. The van der Waals surface area contributed by atoms with Gasteiger partial charge in [-0.3, -0.25) is 4.79 Å². The van der Waals surface area contributed by atoms with Gasteiger partial charge in [-0.05, 0) is 31.5 Å². The van der Waals surface area contributed by atoms with Crippen LogP contribution >= 0.6 is 0 Å². The second-order valence-electron chi connectivity index (χ2n) is 4.88. The molecule has 0 saturated carbocycles. The summed E-state index contributed by atoms with van der Waals surface area (Å²) in [7, 11) is 0. The molecule has 0 fully saturated rings. The number of H-pyrrole nitrogens is 1. The second kappa shape index (κ2) is 7.13. The highest BCUT2D eigenvalue weighted by atomic mass is 16.5. The van der Waals surface area contributed by atoms with Crippen molar-refractivity contribution >= 4 is 16.8 Å². The zero-order valence-electron chi connectivity index (χ0n) is 12.6. The minimum Gasteiger partial charge on any atom is -0.494 e. The third kappa shape index (κ3) is 3.55. The molecule has 0 bridgehead atoms. The molecule has 2 aromatic rings. The van der Waals surface area contributed by atoms with Gasteiger partial charge >= 0.3 is 0 Å². The van der Waals surface area contributed by atoms with Crippen molar-refractivity contribution in [3.05, 3.63) is 30.0 Å². The van der Waals surface area contributed by atoms with Crippen LogP contribution in [0.4, 0.5) is 0 Å². The van der Waals surface area contributed by atoms with E-state index in [1.165, 1.54) is 0 Å². The molecule has 0 radical (unpaired) electrons. The zero-order chi connectivity index (χ0) is 15.2. The zero-order valence-corrected chi connectivity index (χ0v) is 12.6. The first-order valence-corrected chi connectivity index (χ1v) is 7.35. The number of hydrogen-bond acceptors (Lipinski definition) is 3. The predicted molar refractivity (Wildman–Crippen MR) is 82.7 cm³/mol. The number of nitrogens with zero attached hydrogens (tertiary/aromatic N) is 1. The van der Waals surface area contributed by atoms with Crippen molar-refractivity contribution in [1.29, 1.82) is 0 Å². The average Bonchev–Trinajstić information content (AvgIpc) is 2.90. The van der Waals surface area contributed by atoms with Crippen molar-refractivity contribution in [2.45, 2.75) is 20.3 Å². The molecule has 0 unspecified atom stereocenters. The maximum absolute atomic E-state index is 12.5. The molecular weight excluding hydrogens is 268 g/mol. The highest BCUT2D eigenvalue weighted by Gasteiger charge is 2.16. The molecule has 0 saturated heterocycles. The Morgan fingerprint density at radius 2 is 2.10 bits per heavy atom. The Morgan fingerprint density at radius 3 is 2.76 bits per heavy atom. The molecule has 5 heteroatoms. The summed E-state index contributed by atoms with van der Waals surface area (Å²) in [6.45, 7) is 5.52. The van der Waals surface area contributed by atoms with Gasteiger partial charge < -0.3 is 19.7 Å². The summed E-state index contributed by atoms with van der Waals surface area (Å²) in [4.78, 5) is 17.3. The lowest BCUT2D eigenvalue weighted by Crippen LogP contribution is -2.34. The number of amides is 1. The van der Waals surface area contributed by atoms with E-state index in [0.717, 1.165) is 23.1 Å². The number of benzene rings is 1. The molecule has 114 valence electrons. The first-order chi connectivity index (χ1) is 10.2. The molecule has 1 aromatic heterocycles. The molecule has 1 heterocycles. The number of aliphatic hydroxyl groups excluding tert-OH is 1. The number of nitrogens with one attached hydrogen (secondary N) is 1. The largest absolute Gasteiger partial charge is 0.494 e. The van der Waals surface area contributed by atoms with Crippen LogP contribution in [0.25, 0.3) is 10.9 Å². The Labute approximate surface area is 124 Å². The third-order valence-corrected chi connectivity index (χ3v) is 3.29. The van der Waals surface area contributed by atoms with Crippen LogP contribution in [-0.4, -0.2) is 47.2 Å². The van der Waals surface area contributed by atoms with Gasteiger partial charge in [0.25, 0.3) is 5.91 Å². The second-order valence-corrected chi connectivity index (χ2v) is 4.88. The summed E-state index contributed by atoms with van der Waals surface area (Å²) in [6.07, 6.45) is 0.862. The number of fused-ring (bicyclic) bond motifs is 1. The summed E-state index contributed by atoms with van der Waals surface area (Å²) in [6, 6.07) is 7.56. The van der Waals surface area contributed by atoms with Crippen LogP contribution in [0.5, 0.6) is 5.75 Å². The summed E-state index contributed by atoms with van der Waals surface area (Å²) in [5.74, 6) is 0.701. The van der Waals surface area contributed by atoms with E-state index in [0.29, 0.717) is 25.4 Å². The number of aliphatic hydroxyl groups is 1. The standard InChI is InChI=1S/C16H22N2O3/c1-3-7-18(8-9-19)16(20)15-10-12-5-6-13(21-4-2)11-14(12)17-15/h5-6,10-11,17,19H,3-4,7-9H2,1-2H3. The Bertz CT molecular complexity index is 601. The van der Waals surface area contributed by atoms with Crippen LogP contribution in [-0.2, 0) is 0 Å². The molecule has 0 aliphatic rings. The number of hydrogen-bond donors (Lipinski definition) is 2. The molecule has 1 amide bonds. The fourth-order valence-electron chi connectivity index (χ4n) is 2.35. The van der Waals surface area contributed by atoms with Crippen molar-refractivity contribution < 1.29 is 14.6 Å². The van der Waals surface area contributed by atoms with Gasteiger partial charge in [0, 0.05) is 30.1 Å². The smallest absolute Gasteiger partial charge is 0.270 e. The fourth-order valence-corrected chi connectivity index (χ4v) is 2.35. The minimum absolute atomic E-state index is 0.0273. The lowest BCUT2D eigenvalue weighted by Gasteiger charge is -2.20.